The predicted molar refractivity (Wildman–Crippen MR) is 59.1 cm³/mol. The molecule has 1 unspecified atom stereocenters. The number of allylic oxidation sites excluding steroid dienone is 2. The molecule has 1 fully saturated rings. The third-order valence-electron chi connectivity index (χ3n) is 4.08. The van der Waals surface area contributed by atoms with Crippen LogP contribution in [0.5, 0.6) is 0 Å². The molecule has 1 N–H and O–H groups in total. The van der Waals surface area contributed by atoms with E-state index in [1.807, 2.05) is 6.92 Å². The smallest absolute Gasteiger partial charge is 0.0620 e. The summed E-state index contributed by atoms with van der Waals surface area (Å²) in [6, 6.07) is 0. The van der Waals surface area contributed by atoms with E-state index < -0.39 is 0 Å². The summed E-state index contributed by atoms with van der Waals surface area (Å²) in [7, 11) is 0. The third-order valence-corrected chi connectivity index (χ3v) is 4.08. The monoisotopic (exact) mass is 194 g/mol. The van der Waals surface area contributed by atoms with Crippen molar-refractivity contribution in [1.82, 2.24) is 0 Å². The fraction of sp³-hybridized carbons (Fsp3) is 0.846. The van der Waals surface area contributed by atoms with E-state index in [2.05, 4.69) is 12.2 Å². The van der Waals surface area contributed by atoms with Gasteiger partial charge in [-0.25, -0.2) is 0 Å². The van der Waals surface area contributed by atoms with Crippen molar-refractivity contribution in [1.29, 1.82) is 0 Å². The first kappa shape index (κ1) is 10.2. The molecule has 0 spiro atoms. The lowest BCUT2D eigenvalue weighted by Gasteiger charge is -2.37. The molecule has 1 atom stereocenters. The first-order valence-corrected chi connectivity index (χ1v) is 6.05. The molecule has 0 bridgehead atoms. The molecule has 14 heavy (non-hydrogen) atoms. The zero-order chi connectivity index (χ0) is 10.0. The summed E-state index contributed by atoms with van der Waals surface area (Å²) in [5.41, 5.74) is -0.360. The van der Waals surface area contributed by atoms with E-state index in [-0.39, 0.29) is 5.60 Å². The van der Waals surface area contributed by atoms with Gasteiger partial charge < -0.3 is 5.11 Å². The van der Waals surface area contributed by atoms with Crippen molar-refractivity contribution in [3.63, 3.8) is 0 Å². The lowest BCUT2D eigenvalue weighted by Crippen LogP contribution is -2.33. The quantitative estimate of drug-likeness (QED) is 0.635. The average molecular weight is 194 g/mol. The molecule has 0 aromatic carbocycles. The molecule has 0 saturated heterocycles. The SMILES string of the molecule is CC1(O)CCC(C2CC=CCC2)CC1. The Morgan fingerprint density at radius 2 is 1.79 bits per heavy atom. The van der Waals surface area contributed by atoms with Crippen LogP contribution >= 0.6 is 0 Å². The summed E-state index contributed by atoms with van der Waals surface area (Å²) in [6.45, 7) is 1.99. The molecular weight excluding hydrogens is 172 g/mol. The van der Waals surface area contributed by atoms with Crippen LogP contribution in [0.4, 0.5) is 0 Å². The van der Waals surface area contributed by atoms with Gasteiger partial charge in [-0.2, -0.15) is 0 Å². The molecule has 2 aliphatic rings. The molecule has 0 aromatic rings. The van der Waals surface area contributed by atoms with Crippen LogP contribution in [-0.2, 0) is 0 Å². The average Bonchev–Trinajstić information content (AvgIpc) is 2.19. The van der Waals surface area contributed by atoms with E-state index in [0.29, 0.717) is 0 Å². The lowest BCUT2D eigenvalue weighted by molar-refractivity contribution is -0.00172. The Kier molecular flexibility index (Phi) is 2.96. The second-order valence-corrected chi connectivity index (χ2v) is 5.38. The molecule has 80 valence electrons. The van der Waals surface area contributed by atoms with Crippen LogP contribution in [-0.4, -0.2) is 10.7 Å². The standard InChI is InChI=1S/C13H22O/c1-13(14)9-7-12(8-10-13)11-5-3-2-4-6-11/h2-3,11-12,14H,4-10H2,1H3. The lowest BCUT2D eigenvalue weighted by atomic mass is 9.71. The maximum atomic E-state index is 9.88. The van der Waals surface area contributed by atoms with Gasteiger partial charge in [0, 0.05) is 0 Å². The number of hydrogen-bond donors (Lipinski definition) is 1. The van der Waals surface area contributed by atoms with E-state index >= 15 is 0 Å². The van der Waals surface area contributed by atoms with Crippen molar-refractivity contribution in [3.8, 4) is 0 Å². The molecule has 1 heteroatoms. The van der Waals surface area contributed by atoms with E-state index in [4.69, 9.17) is 0 Å². The minimum absolute atomic E-state index is 0.360. The van der Waals surface area contributed by atoms with Gasteiger partial charge in [-0.15, -0.1) is 0 Å². The molecule has 2 aliphatic carbocycles. The zero-order valence-electron chi connectivity index (χ0n) is 9.21. The van der Waals surface area contributed by atoms with Crippen LogP contribution in [0.2, 0.25) is 0 Å². The van der Waals surface area contributed by atoms with Crippen LogP contribution in [0.15, 0.2) is 12.2 Å². The molecule has 1 saturated carbocycles. The maximum Gasteiger partial charge on any atom is 0.0620 e. The van der Waals surface area contributed by atoms with Crippen molar-refractivity contribution >= 4 is 0 Å². The summed E-state index contributed by atoms with van der Waals surface area (Å²) >= 11 is 0. The molecule has 0 aliphatic heterocycles. The van der Waals surface area contributed by atoms with E-state index in [9.17, 15) is 5.11 Å². The minimum Gasteiger partial charge on any atom is -0.390 e. The van der Waals surface area contributed by atoms with Crippen LogP contribution in [0.25, 0.3) is 0 Å². The zero-order valence-corrected chi connectivity index (χ0v) is 9.21. The second-order valence-electron chi connectivity index (χ2n) is 5.38. The van der Waals surface area contributed by atoms with Crippen molar-refractivity contribution in [2.24, 2.45) is 11.8 Å². The van der Waals surface area contributed by atoms with E-state index in [1.54, 1.807) is 0 Å². The molecule has 0 radical (unpaired) electrons. The Morgan fingerprint density at radius 1 is 1.07 bits per heavy atom. The highest BCUT2D eigenvalue weighted by atomic mass is 16.3. The molecule has 0 amide bonds. The van der Waals surface area contributed by atoms with Crippen LogP contribution in [0.1, 0.15) is 51.9 Å². The van der Waals surface area contributed by atoms with Gasteiger partial charge in [-0.05, 0) is 63.7 Å². The second kappa shape index (κ2) is 4.06. The largest absolute Gasteiger partial charge is 0.390 e. The van der Waals surface area contributed by atoms with Crippen LogP contribution in [0, 0.1) is 11.8 Å². The first-order chi connectivity index (χ1) is 6.67. The normalized spacial score (nSPS) is 43.9. The van der Waals surface area contributed by atoms with Gasteiger partial charge in [-0.1, -0.05) is 12.2 Å². The number of aliphatic hydroxyl groups is 1. The molecule has 1 nitrogen and oxygen atoms in total. The Bertz CT molecular complexity index is 207. The third kappa shape index (κ3) is 2.38. The molecular formula is C13H22O. The molecule has 0 aromatic heterocycles. The van der Waals surface area contributed by atoms with E-state index in [0.717, 1.165) is 24.7 Å². The Balaban J connectivity index is 1.85. The maximum absolute atomic E-state index is 9.88. The fourth-order valence-corrected chi connectivity index (χ4v) is 2.98. The molecule has 2 rings (SSSR count). The predicted octanol–water partition coefficient (Wildman–Crippen LogP) is 3.28. The summed E-state index contributed by atoms with van der Waals surface area (Å²) in [5, 5.41) is 9.88. The van der Waals surface area contributed by atoms with Crippen molar-refractivity contribution in [2.45, 2.75) is 57.5 Å². The topological polar surface area (TPSA) is 20.2 Å². The highest BCUT2D eigenvalue weighted by Crippen LogP contribution is 2.39. The van der Waals surface area contributed by atoms with Crippen molar-refractivity contribution < 1.29 is 5.11 Å². The Hall–Kier alpha value is -0.300. The first-order valence-electron chi connectivity index (χ1n) is 6.05. The van der Waals surface area contributed by atoms with Gasteiger partial charge in [0.05, 0.1) is 5.60 Å². The number of hydrogen-bond acceptors (Lipinski definition) is 1. The van der Waals surface area contributed by atoms with Crippen molar-refractivity contribution in [2.75, 3.05) is 0 Å². The van der Waals surface area contributed by atoms with Gasteiger partial charge in [-0.3, -0.25) is 0 Å². The van der Waals surface area contributed by atoms with Gasteiger partial charge in [0.2, 0.25) is 0 Å². The highest BCUT2D eigenvalue weighted by Gasteiger charge is 2.32. The molecule has 0 heterocycles. The summed E-state index contributed by atoms with van der Waals surface area (Å²) in [6.07, 6.45) is 13.1. The highest BCUT2D eigenvalue weighted by molar-refractivity contribution is 4.94. The Labute approximate surface area is 87.2 Å². The minimum atomic E-state index is -0.360. The van der Waals surface area contributed by atoms with Gasteiger partial charge in [0.15, 0.2) is 0 Å². The van der Waals surface area contributed by atoms with Gasteiger partial charge >= 0.3 is 0 Å². The summed E-state index contributed by atoms with van der Waals surface area (Å²) in [5.74, 6) is 1.80. The van der Waals surface area contributed by atoms with E-state index in [1.165, 1.54) is 32.1 Å². The van der Waals surface area contributed by atoms with Crippen LogP contribution in [0.3, 0.4) is 0 Å². The van der Waals surface area contributed by atoms with Gasteiger partial charge in [0.25, 0.3) is 0 Å². The fourth-order valence-electron chi connectivity index (χ4n) is 2.98. The van der Waals surface area contributed by atoms with Crippen molar-refractivity contribution in [3.05, 3.63) is 12.2 Å². The Morgan fingerprint density at radius 3 is 2.36 bits per heavy atom. The number of rotatable bonds is 1. The van der Waals surface area contributed by atoms with Gasteiger partial charge in [0.1, 0.15) is 0 Å². The van der Waals surface area contributed by atoms with Crippen LogP contribution < -0.4 is 0 Å². The summed E-state index contributed by atoms with van der Waals surface area (Å²) < 4.78 is 0. The summed E-state index contributed by atoms with van der Waals surface area (Å²) in [4.78, 5) is 0.